The van der Waals surface area contributed by atoms with E-state index in [4.69, 9.17) is 10.9 Å². The van der Waals surface area contributed by atoms with Crippen LogP contribution in [0.5, 0.6) is 0 Å². The Morgan fingerprint density at radius 3 is 2.76 bits per heavy atom. The highest BCUT2D eigenvalue weighted by Gasteiger charge is 2.21. The van der Waals surface area contributed by atoms with Gasteiger partial charge in [-0.15, -0.1) is 0 Å². The fraction of sp³-hybridized carbons (Fsp3) is 0.818. The zero-order chi connectivity index (χ0) is 13.1. The molecule has 1 unspecified atom stereocenters. The Morgan fingerprint density at radius 1 is 1.53 bits per heavy atom. The highest BCUT2D eigenvalue weighted by molar-refractivity contribution is 7.98. The SMILES string of the molecule is CCCC(C(=O)NCCCCSC)C(N)=NO. The topological polar surface area (TPSA) is 87.7 Å². The number of oxime groups is 1. The minimum Gasteiger partial charge on any atom is -0.409 e. The summed E-state index contributed by atoms with van der Waals surface area (Å²) in [5.41, 5.74) is 5.49. The molecule has 0 rings (SSSR count). The van der Waals surface area contributed by atoms with Crippen molar-refractivity contribution in [2.75, 3.05) is 18.6 Å². The van der Waals surface area contributed by atoms with Crippen LogP contribution in [0.4, 0.5) is 0 Å². The second-order valence-corrected chi connectivity index (χ2v) is 4.84. The number of hydrogen-bond donors (Lipinski definition) is 3. The number of thioether (sulfide) groups is 1. The minimum atomic E-state index is -0.509. The number of hydrogen-bond acceptors (Lipinski definition) is 4. The summed E-state index contributed by atoms with van der Waals surface area (Å²) in [5, 5.41) is 14.3. The Hall–Kier alpha value is -0.910. The van der Waals surface area contributed by atoms with Crippen molar-refractivity contribution in [2.45, 2.75) is 32.6 Å². The highest BCUT2D eigenvalue weighted by atomic mass is 32.2. The standard InChI is InChI=1S/C11H23N3O2S/c1-3-6-9(10(12)14-16)11(15)13-7-4-5-8-17-2/h9,16H,3-8H2,1-2H3,(H2,12,14)(H,13,15). The first-order valence-corrected chi connectivity index (χ1v) is 7.30. The number of nitrogens with zero attached hydrogens (tertiary/aromatic N) is 1. The Kier molecular flexibility index (Phi) is 9.71. The molecule has 0 bridgehead atoms. The summed E-state index contributed by atoms with van der Waals surface area (Å²) in [7, 11) is 0. The van der Waals surface area contributed by atoms with Crippen LogP contribution in [0, 0.1) is 5.92 Å². The van der Waals surface area contributed by atoms with Crippen LogP contribution in [0.1, 0.15) is 32.6 Å². The highest BCUT2D eigenvalue weighted by Crippen LogP contribution is 2.07. The number of nitrogens with one attached hydrogen (secondary N) is 1. The Bertz CT molecular complexity index is 247. The molecule has 0 spiro atoms. The van der Waals surface area contributed by atoms with Crippen LogP contribution >= 0.6 is 11.8 Å². The number of carbonyl (C=O) groups is 1. The van der Waals surface area contributed by atoms with Crippen LogP contribution in [0.15, 0.2) is 5.16 Å². The van der Waals surface area contributed by atoms with E-state index in [1.165, 1.54) is 0 Å². The normalized spacial score (nSPS) is 13.4. The zero-order valence-corrected chi connectivity index (χ0v) is 11.4. The summed E-state index contributed by atoms with van der Waals surface area (Å²) in [4.78, 5) is 11.8. The minimum absolute atomic E-state index is 0.00605. The molecule has 1 atom stereocenters. The zero-order valence-electron chi connectivity index (χ0n) is 10.6. The van der Waals surface area contributed by atoms with Gasteiger partial charge in [0.25, 0.3) is 0 Å². The Balaban J connectivity index is 3.98. The second kappa shape index (κ2) is 10.3. The average Bonchev–Trinajstić information content (AvgIpc) is 2.34. The molecule has 0 aromatic rings. The van der Waals surface area contributed by atoms with E-state index in [-0.39, 0.29) is 11.7 Å². The molecule has 5 nitrogen and oxygen atoms in total. The number of carbonyl (C=O) groups excluding carboxylic acids is 1. The first-order chi connectivity index (χ1) is 8.17. The molecule has 100 valence electrons. The molecular weight excluding hydrogens is 238 g/mol. The van der Waals surface area contributed by atoms with Crippen LogP contribution in [-0.4, -0.2) is 35.5 Å². The quantitative estimate of drug-likeness (QED) is 0.192. The Labute approximate surface area is 107 Å². The molecule has 17 heavy (non-hydrogen) atoms. The number of nitrogens with two attached hydrogens (primary N) is 1. The van der Waals surface area contributed by atoms with Crippen LogP contribution in [-0.2, 0) is 4.79 Å². The molecule has 0 aromatic carbocycles. The molecule has 0 saturated carbocycles. The molecule has 1 amide bonds. The van der Waals surface area contributed by atoms with E-state index in [0.717, 1.165) is 25.0 Å². The lowest BCUT2D eigenvalue weighted by atomic mass is 10.0. The van der Waals surface area contributed by atoms with Crippen molar-refractivity contribution in [1.82, 2.24) is 5.32 Å². The van der Waals surface area contributed by atoms with E-state index in [1.807, 2.05) is 6.92 Å². The fourth-order valence-corrected chi connectivity index (χ4v) is 1.97. The van der Waals surface area contributed by atoms with Gasteiger partial charge in [0.05, 0.1) is 5.92 Å². The molecule has 0 aromatic heterocycles. The van der Waals surface area contributed by atoms with Crippen molar-refractivity contribution in [1.29, 1.82) is 0 Å². The fourth-order valence-electron chi connectivity index (χ4n) is 1.48. The van der Waals surface area contributed by atoms with Gasteiger partial charge in [0, 0.05) is 6.54 Å². The van der Waals surface area contributed by atoms with Gasteiger partial charge >= 0.3 is 0 Å². The monoisotopic (exact) mass is 261 g/mol. The molecule has 0 heterocycles. The van der Waals surface area contributed by atoms with Crippen molar-refractivity contribution in [3.63, 3.8) is 0 Å². The smallest absolute Gasteiger partial charge is 0.230 e. The van der Waals surface area contributed by atoms with Crippen LogP contribution in [0.25, 0.3) is 0 Å². The molecule has 0 radical (unpaired) electrons. The van der Waals surface area contributed by atoms with Crippen molar-refractivity contribution < 1.29 is 10.0 Å². The number of rotatable bonds is 9. The van der Waals surface area contributed by atoms with Crippen LogP contribution in [0.2, 0.25) is 0 Å². The predicted octanol–water partition coefficient (Wildman–Crippen LogP) is 1.41. The van der Waals surface area contributed by atoms with Crippen molar-refractivity contribution in [3.05, 3.63) is 0 Å². The number of amides is 1. The van der Waals surface area contributed by atoms with Gasteiger partial charge in [0.15, 0.2) is 5.84 Å². The summed E-state index contributed by atoms with van der Waals surface area (Å²) in [6, 6.07) is 0. The van der Waals surface area contributed by atoms with Crippen LogP contribution in [0.3, 0.4) is 0 Å². The molecule has 0 fully saturated rings. The maximum Gasteiger partial charge on any atom is 0.230 e. The molecule has 0 aliphatic carbocycles. The van der Waals surface area contributed by atoms with E-state index in [2.05, 4.69) is 16.7 Å². The molecular formula is C11H23N3O2S. The van der Waals surface area contributed by atoms with E-state index < -0.39 is 5.92 Å². The largest absolute Gasteiger partial charge is 0.409 e. The van der Waals surface area contributed by atoms with E-state index in [1.54, 1.807) is 11.8 Å². The third-order valence-electron chi connectivity index (χ3n) is 2.44. The maximum atomic E-state index is 11.8. The Morgan fingerprint density at radius 2 is 2.24 bits per heavy atom. The van der Waals surface area contributed by atoms with Crippen molar-refractivity contribution in [3.8, 4) is 0 Å². The summed E-state index contributed by atoms with van der Waals surface area (Å²) >= 11 is 1.80. The van der Waals surface area contributed by atoms with Crippen molar-refractivity contribution in [2.24, 2.45) is 16.8 Å². The summed E-state index contributed by atoms with van der Waals surface area (Å²) < 4.78 is 0. The van der Waals surface area contributed by atoms with E-state index >= 15 is 0 Å². The predicted molar refractivity (Wildman–Crippen MR) is 72.4 cm³/mol. The lowest BCUT2D eigenvalue weighted by Gasteiger charge is -2.14. The maximum absolute atomic E-state index is 11.8. The van der Waals surface area contributed by atoms with Crippen LogP contribution < -0.4 is 11.1 Å². The summed E-state index contributed by atoms with van der Waals surface area (Å²) in [6.45, 7) is 2.61. The molecule has 0 aliphatic heterocycles. The molecule has 4 N–H and O–H groups in total. The molecule has 0 saturated heterocycles. The van der Waals surface area contributed by atoms with Gasteiger partial charge in [-0.1, -0.05) is 18.5 Å². The summed E-state index contributed by atoms with van der Waals surface area (Å²) in [5.74, 6) is 0.444. The van der Waals surface area contributed by atoms with E-state index in [0.29, 0.717) is 13.0 Å². The molecule has 6 heteroatoms. The summed E-state index contributed by atoms with van der Waals surface area (Å²) in [6.07, 6.45) is 5.53. The van der Waals surface area contributed by atoms with Gasteiger partial charge in [0.2, 0.25) is 5.91 Å². The molecule has 0 aliphatic rings. The van der Waals surface area contributed by atoms with Gasteiger partial charge in [0.1, 0.15) is 0 Å². The third-order valence-corrected chi connectivity index (χ3v) is 3.14. The van der Waals surface area contributed by atoms with Gasteiger partial charge in [-0.3, -0.25) is 4.79 Å². The van der Waals surface area contributed by atoms with E-state index in [9.17, 15) is 4.79 Å². The lowest BCUT2D eigenvalue weighted by Crippen LogP contribution is -2.39. The van der Waals surface area contributed by atoms with Gasteiger partial charge in [-0.2, -0.15) is 11.8 Å². The lowest BCUT2D eigenvalue weighted by molar-refractivity contribution is -0.123. The van der Waals surface area contributed by atoms with Gasteiger partial charge in [-0.25, -0.2) is 0 Å². The first kappa shape index (κ1) is 16.1. The van der Waals surface area contributed by atoms with Gasteiger partial charge < -0.3 is 16.3 Å². The van der Waals surface area contributed by atoms with Crippen molar-refractivity contribution >= 4 is 23.5 Å². The first-order valence-electron chi connectivity index (χ1n) is 5.91. The van der Waals surface area contributed by atoms with Gasteiger partial charge in [-0.05, 0) is 31.3 Å². The second-order valence-electron chi connectivity index (χ2n) is 3.86. The number of unbranched alkanes of at least 4 members (excludes halogenated alkanes) is 1. The average molecular weight is 261 g/mol. The third kappa shape index (κ3) is 7.10. The number of amidine groups is 1.